The van der Waals surface area contributed by atoms with Crippen molar-refractivity contribution < 1.29 is 22.7 Å². The number of hydrogen-bond donors (Lipinski definition) is 1. The molecule has 4 nitrogen and oxygen atoms in total. The number of fused-ring (bicyclic) bond motifs is 1. The quantitative estimate of drug-likeness (QED) is 0.322. The Kier molecular flexibility index (Phi) is 8.85. The van der Waals surface area contributed by atoms with Crippen molar-refractivity contribution in [1.29, 1.82) is 0 Å². The van der Waals surface area contributed by atoms with E-state index in [1.165, 1.54) is 44.6 Å². The van der Waals surface area contributed by atoms with Crippen LogP contribution in [-0.4, -0.2) is 29.2 Å². The largest absolute Gasteiger partial charge is 0.493 e. The molecule has 0 spiro atoms. The summed E-state index contributed by atoms with van der Waals surface area (Å²) < 4.78 is 48.7. The van der Waals surface area contributed by atoms with Crippen molar-refractivity contribution in [3.8, 4) is 5.75 Å². The summed E-state index contributed by atoms with van der Waals surface area (Å²) in [7, 11) is 0. The van der Waals surface area contributed by atoms with Gasteiger partial charge in [-0.2, -0.15) is 18.2 Å². The maximum absolute atomic E-state index is 14.2. The van der Waals surface area contributed by atoms with E-state index in [4.69, 9.17) is 4.74 Å². The monoisotopic (exact) mass is 478 g/mol. The highest BCUT2D eigenvalue weighted by molar-refractivity contribution is 5.89. The lowest BCUT2D eigenvalue weighted by Crippen LogP contribution is -2.51. The van der Waals surface area contributed by atoms with Gasteiger partial charge in [-0.1, -0.05) is 76.1 Å². The Balaban J connectivity index is 1.72. The minimum Gasteiger partial charge on any atom is -0.493 e. The minimum atomic E-state index is -4.56. The van der Waals surface area contributed by atoms with Crippen LogP contribution >= 0.6 is 0 Å². The number of nitrogens with one attached hydrogen (secondary N) is 1. The topological polar surface area (TPSA) is 41.6 Å². The fourth-order valence-electron chi connectivity index (χ4n) is 4.68. The van der Waals surface area contributed by atoms with E-state index in [0.717, 1.165) is 23.2 Å². The fraction of sp³-hybridized carbons (Fsp3) is 0.593. The Morgan fingerprint density at radius 2 is 1.71 bits per heavy atom. The van der Waals surface area contributed by atoms with Crippen LogP contribution in [-0.2, 0) is 4.79 Å². The molecule has 1 atom stereocenters. The number of ether oxygens (including phenoxy) is 1. The van der Waals surface area contributed by atoms with Crippen LogP contribution in [0.1, 0.15) is 90.2 Å². The van der Waals surface area contributed by atoms with E-state index < -0.39 is 23.7 Å². The number of hydrogen-bond acceptors (Lipinski definition) is 3. The molecule has 34 heavy (non-hydrogen) atoms. The lowest BCUT2D eigenvalue weighted by atomic mass is 9.95. The number of rotatable bonds is 12. The summed E-state index contributed by atoms with van der Waals surface area (Å²) in [6, 6.07) is 8.32. The molecule has 0 unspecified atom stereocenters. The van der Waals surface area contributed by atoms with Gasteiger partial charge in [0.2, 0.25) is 5.91 Å². The summed E-state index contributed by atoms with van der Waals surface area (Å²) in [5.41, 5.74) is 1.55. The first-order chi connectivity index (χ1) is 16.1. The normalized spacial score (nSPS) is 17.2. The molecule has 1 aliphatic heterocycles. The molecule has 1 saturated heterocycles. The second-order valence-electron chi connectivity index (χ2n) is 9.90. The van der Waals surface area contributed by atoms with Crippen molar-refractivity contribution in [2.24, 2.45) is 0 Å². The molecule has 188 valence electrons. The van der Waals surface area contributed by atoms with Crippen LogP contribution in [0.15, 0.2) is 36.4 Å². The maximum Gasteiger partial charge on any atom is 0.409 e. The molecular formula is C27H37F3N2O2. The second-order valence-corrected chi connectivity index (χ2v) is 9.90. The van der Waals surface area contributed by atoms with E-state index in [2.05, 4.69) is 12.3 Å². The molecule has 1 heterocycles. The zero-order chi connectivity index (χ0) is 24.8. The molecule has 1 amide bonds. The van der Waals surface area contributed by atoms with Crippen LogP contribution in [0.5, 0.6) is 5.75 Å². The van der Waals surface area contributed by atoms with Gasteiger partial charge in [0, 0.05) is 17.3 Å². The number of hydrazine groups is 1. The molecule has 1 N–H and O–H groups in total. The Morgan fingerprint density at radius 3 is 2.32 bits per heavy atom. The van der Waals surface area contributed by atoms with E-state index in [1.54, 1.807) is 32.0 Å². The molecular weight excluding hydrogens is 441 g/mol. The maximum atomic E-state index is 14.2. The molecule has 0 aliphatic carbocycles. The zero-order valence-corrected chi connectivity index (χ0v) is 20.5. The molecule has 0 saturated carbocycles. The van der Waals surface area contributed by atoms with Gasteiger partial charge in [-0.3, -0.25) is 10.2 Å². The van der Waals surface area contributed by atoms with Crippen LogP contribution in [0.25, 0.3) is 10.8 Å². The number of alkyl halides is 3. The number of benzene rings is 2. The molecule has 2 aromatic carbocycles. The molecule has 2 aromatic rings. The van der Waals surface area contributed by atoms with E-state index in [-0.39, 0.29) is 12.0 Å². The standard InChI is InChI=1S/C27H37F3N2O2/c1-4-5-6-7-8-9-10-11-17-34-23-14-12-13-20-15-16-21(18-22(20)23)25(27(28,29)30)32-26(2,3)19-24(33)31-32/h12-16,18,25H,4-11,17,19H2,1-3H3,(H,31,33)/t25-/m0/s1. The molecule has 0 radical (unpaired) electrons. The van der Waals surface area contributed by atoms with E-state index in [0.29, 0.717) is 17.7 Å². The van der Waals surface area contributed by atoms with E-state index in [9.17, 15) is 18.0 Å². The smallest absolute Gasteiger partial charge is 0.409 e. The lowest BCUT2D eigenvalue weighted by molar-refractivity contribution is -0.203. The Morgan fingerprint density at radius 1 is 1.03 bits per heavy atom. The number of amides is 1. The molecule has 0 bridgehead atoms. The lowest BCUT2D eigenvalue weighted by Gasteiger charge is -2.38. The van der Waals surface area contributed by atoms with Gasteiger partial charge in [-0.05, 0) is 43.4 Å². The van der Waals surface area contributed by atoms with Gasteiger partial charge >= 0.3 is 6.18 Å². The van der Waals surface area contributed by atoms with Crippen molar-refractivity contribution in [3.05, 3.63) is 42.0 Å². The van der Waals surface area contributed by atoms with Crippen molar-refractivity contribution in [1.82, 2.24) is 10.4 Å². The predicted molar refractivity (Wildman–Crippen MR) is 130 cm³/mol. The van der Waals surface area contributed by atoms with Gasteiger partial charge in [0.05, 0.1) is 6.61 Å². The van der Waals surface area contributed by atoms with E-state index >= 15 is 0 Å². The molecule has 1 fully saturated rings. The summed E-state index contributed by atoms with van der Waals surface area (Å²) in [6.07, 6.45) is 4.98. The average molecular weight is 479 g/mol. The molecule has 1 aliphatic rings. The highest BCUT2D eigenvalue weighted by atomic mass is 19.4. The first-order valence-electron chi connectivity index (χ1n) is 12.4. The third-order valence-electron chi connectivity index (χ3n) is 6.50. The Hall–Kier alpha value is -2.28. The van der Waals surface area contributed by atoms with Gasteiger partial charge < -0.3 is 4.74 Å². The highest BCUT2D eigenvalue weighted by Crippen LogP contribution is 2.43. The van der Waals surface area contributed by atoms with Gasteiger partial charge in [0.15, 0.2) is 6.04 Å². The first-order valence-corrected chi connectivity index (χ1v) is 12.4. The van der Waals surface area contributed by atoms with Crippen LogP contribution in [0.3, 0.4) is 0 Å². The highest BCUT2D eigenvalue weighted by Gasteiger charge is 2.53. The predicted octanol–water partition coefficient (Wildman–Crippen LogP) is 7.48. The average Bonchev–Trinajstić information content (AvgIpc) is 3.03. The Bertz CT molecular complexity index is 959. The summed E-state index contributed by atoms with van der Waals surface area (Å²) in [5.74, 6) is 0.183. The minimum absolute atomic E-state index is 0.0140. The number of carbonyl (C=O) groups is 1. The van der Waals surface area contributed by atoms with Crippen LogP contribution in [0.2, 0.25) is 0 Å². The summed E-state index contributed by atoms with van der Waals surface area (Å²) in [6.45, 7) is 6.03. The summed E-state index contributed by atoms with van der Waals surface area (Å²) in [4.78, 5) is 11.9. The number of nitrogens with zero attached hydrogens (tertiary/aromatic N) is 1. The molecule has 7 heteroatoms. The van der Waals surface area contributed by atoms with E-state index in [1.807, 2.05) is 12.1 Å². The number of carbonyl (C=O) groups excluding carboxylic acids is 1. The molecule has 3 rings (SSSR count). The van der Waals surface area contributed by atoms with Gasteiger partial charge in [0.25, 0.3) is 0 Å². The van der Waals surface area contributed by atoms with Crippen molar-refractivity contribution in [3.63, 3.8) is 0 Å². The van der Waals surface area contributed by atoms with Gasteiger partial charge in [-0.25, -0.2) is 0 Å². The van der Waals surface area contributed by atoms with Crippen molar-refractivity contribution >= 4 is 16.7 Å². The van der Waals surface area contributed by atoms with Gasteiger partial charge in [-0.15, -0.1) is 0 Å². The number of unbranched alkanes of at least 4 members (excludes halogenated alkanes) is 7. The Labute approximate surface area is 200 Å². The fourth-order valence-corrected chi connectivity index (χ4v) is 4.68. The molecule has 0 aromatic heterocycles. The van der Waals surface area contributed by atoms with Gasteiger partial charge in [0.1, 0.15) is 5.75 Å². The SMILES string of the molecule is CCCCCCCCCCOc1cccc2ccc([C@H](N3NC(=O)CC3(C)C)C(F)(F)F)cc12. The summed E-state index contributed by atoms with van der Waals surface area (Å²) >= 11 is 0. The first kappa shape index (κ1) is 26.3. The van der Waals surface area contributed by atoms with Crippen molar-refractivity contribution in [2.45, 2.75) is 96.3 Å². The third kappa shape index (κ3) is 6.65. The number of halogens is 3. The van der Waals surface area contributed by atoms with Crippen molar-refractivity contribution in [2.75, 3.05) is 6.61 Å². The van der Waals surface area contributed by atoms with Crippen LogP contribution < -0.4 is 10.2 Å². The second kappa shape index (κ2) is 11.4. The third-order valence-corrected chi connectivity index (χ3v) is 6.50. The zero-order valence-electron chi connectivity index (χ0n) is 20.5. The van der Waals surface area contributed by atoms with Crippen LogP contribution in [0.4, 0.5) is 13.2 Å². The summed E-state index contributed by atoms with van der Waals surface area (Å²) in [5, 5.41) is 2.51. The van der Waals surface area contributed by atoms with Crippen LogP contribution in [0, 0.1) is 0 Å².